The van der Waals surface area contributed by atoms with Crippen molar-refractivity contribution >= 4 is 15.9 Å². The number of aryl methyl sites for hydroxylation is 2. The Hall–Kier alpha value is -1.24. The van der Waals surface area contributed by atoms with Gasteiger partial charge in [0.05, 0.1) is 16.2 Å². The van der Waals surface area contributed by atoms with E-state index in [0.717, 1.165) is 22.5 Å². The summed E-state index contributed by atoms with van der Waals surface area (Å²) in [6.45, 7) is 3.98. The minimum absolute atomic E-state index is 0.0546. The molecule has 4 nitrogen and oxygen atoms in total. The molecule has 1 aromatic heterocycles. The summed E-state index contributed by atoms with van der Waals surface area (Å²) in [5, 5.41) is 4.40. The lowest BCUT2D eigenvalue weighted by Gasteiger charge is -2.17. The van der Waals surface area contributed by atoms with Crippen LogP contribution in [0.2, 0.25) is 0 Å². The third kappa shape index (κ3) is 2.92. The summed E-state index contributed by atoms with van der Waals surface area (Å²) in [6, 6.07) is 4.95. The molecule has 0 saturated carbocycles. The van der Waals surface area contributed by atoms with Crippen LogP contribution < -0.4 is 11.3 Å². The number of halogens is 2. The zero-order chi connectivity index (χ0) is 14.9. The Bertz CT molecular complexity index is 624. The van der Waals surface area contributed by atoms with Crippen molar-refractivity contribution in [2.24, 2.45) is 12.9 Å². The highest BCUT2D eigenvalue weighted by Gasteiger charge is 2.19. The SMILES string of the molecule is Cc1nn(C)c(C)c1C(Cc1ccc(F)c(Br)c1)NN. The van der Waals surface area contributed by atoms with Crippen molar-refractivity contribution < 1.29 is 4.39 Å². The Kier molecular flexibility index (Phi) is 4.57. The van der Waals surface area contributed by atoms with Crippen molar-refractivity contribution in [3.63, 3.8) is 0 Å². The van der Waals surface area contributed by atoms with Crippen LogP contribution in [0.5, 0.6) is 0 Å². The Balaban J connectivity index is 2.31. The molecule has 1 heterocycles. The minimum Gasteiger partial charge on any atom is -0.272 e. The van der Waals surface area contributed by atoms with E-state index in [1.165, 1.54) is 6.07 Å². The highest BCUT2D eigenvalue weighted by atomic mass is 79.9. The molecular formula is C14H18BrFN4. The highest BCUT2D eigenvalue weighted by molar-refractivity contribution is 9.10. The largest absolute Gasteiger partial charge is 0.272 e. The van der Waals surface area contributed by atoms with E-state index < -0.39 is 0 Å². The lowest BCUT2D eigenvalue weighted by atomic mass is 9.98. The maximum atomic E-state index is 13.3. The second kappa shape index (κ2) is 6.03. The van der Waals surface area contributed by atoms with Gasteiger partial charge in [-0.25, -0.2) is 4.39 Å². The maximum absolute atomic E-state index is 13.3. The van der Waals surface area contributed by atoms with Crippen molar-refractivity contribution in [3.8, 4) is 0 Å². The van der Waals surface area contributed by atoms with Crippen LogP contribution in [-0.4, -0.2) is 9.78 Å². The van der Waals surface area contributed by atoms with Gasteiger partial charge in [-0.15, -0.1) is 0 Å². The van der Waals surface area contributed by atoms with Gasteiger partial charge in [-0.05, 0) is 53.9 Å². The zero-order valence-corrected chi connectivity index (χ0v) is 13.3. The topological polar surface area (TPSA) is 55.9 Å². The molecule has 0 bridgehead atoms. The Morgan fingerprint density at radius 2 is 2.15 bits per heavy atom. The predicted octanol–water partition coefficient (Wildman–Crippen LogP) is 2.69. The highest BCUT2D eigenvalue weighted by Crippen LogP contribution is 2.25. The van der Waals surface area contributed by atoms with Gasteiger partial charge in [0.1, 0.15) is 5.82 Å². The van der Waals surface area contributed by atoms with Crippen molar-refractivity contribution in [1.82, 2.24) is 15.2 Å². The normalized spacial score (nSPS) is 12.7. The number of aromatic nitrogens is 2. The average Bonchev–Trinajstić information content (AvgIpc) is 2.65. The fourth-order valence-electron chi connectivity index (χ4n) is 2.44. The molecule has 1 atom stereocenters. The van der Waals surface area contributed by atoms with Crippen LogP contribution in [0.15, 0.2) is 22.7 Å². The van der Waals surface area contributed by atoms with Crippen molar-refractivity contribution in [2.45, 2.75) is 26.3 Å². The standard InChI is InChI=1S/C14H18BrFN4/c1-8-14(9(2)20(3)19-8)13(18-17)7-10-4-5-12(16)11(15)6-10/h4-6,13,18H,7,17H2,1-3H3. The van der Waals surface area contributed by atoms with Crippen LogP contribution in [0.3, 0.4) is 0 Å². The first-order valence-corrected chi connectivity index (χ1v) is 7.13. The van der Waals surface area contributed by atoms with Gasteiger partial charge < -0.3 is 0 Å². The lowest BCUT2D eigenvalue weighted by molar-refractivity contribution is 0.544. The molecule has 3 N–H and O–H groups in total. The molecule has 0 aliphatic rings. The van der Waals surface area contributed by atoms with Gasteiger partial charge in [-0.3, -0.25) is 16.0 Å². The molecule has 0 spiro atoms. The van der Waals surface area contributed by atoms with Crippen molar-refractivity contribution in [3.05, 3.63) is 51.0 Å². The number of nitrogens with zero attached hydrogens (tertiary/aromatic N) is 2. The lowest BCUT2D eigenvalue weighted by Crippen LogP contribution is -2.30. The van der Waals surface area contributed by atoms with Crippen LogP contribution in [0.4, 0.5) is 4.39 Å². The number of nitrogens with two attached hydrogens (primary N) is 1. The monoisotopic (exact) mass is 340 g/mol. The van der Waals surface area contributed by atoms with E-state index in [4.69, 9.17) is 5.84 Å². The molecule has 2 aromatic rings. The van der Waals surface area contributed by atoms with Crippen LogP contribution in [0.25, 0.3) is 0 Å². The molecule has 2 rings (SSSR count). The first kappa shape index (κ1) is 15.2. The molecule has 6 heteroatoms. The van der Waals surface area contributed by atoms with Gasteiger partial charge in [-0.2, -0.15) is 5.10 Å². The maximum Gasteiger partial charge on any atom is 0.137 e. The molecule has 0 aliphatic carbocycles. The Morgan fingerprint density at radius 1 is 1.45 bits per heavy atom. The van der Waals surface area contributed by atoms with E-state index >= 15 is 0 Å². The number of hydrogen-bond donors (Lipinski definition) is 2. The van der Waals surface area contributed by atoms with Crippen molar-refractivity contribution in [2.75, 3.05) is 0 Å². The number of benzene rings is 1. The summed E-state index contributed by atoms with van der Waals surface area (Å²) < 4.78 is 15.6. The molecule has 0 fully saturated rings. The molecule has 108 valence electrons. The predicted molar refractivity (Wildman–Crippen MR) is 80.6 cm³/mol. The summed E-state index contributed by atoms with van der Waals surface area (Å²) in [7, 11) is 1.91. The minimum atomic E-state index is -0.264. The second-order valence-corrected chi connectivity index (χ2v) is 5.73. The number of nitrogens with one attached hydrogen (secondary N) is 1. The van der Waals surface area contributed by atoms with Crippen LogP contribution in [0, 0.1) is 19.7 Å². The average molecular weight is 341 g/mol. The van der Waals surface area contributed by atoms with Crippen LogP contribution in [-0.2, 0) is 13.5 Å². The van der Waals surface area contributed by atoms with Gasteiger partial charge in [-0.1, -0.05) is 6.07 Å². The molecule has 0 amide bonds. The molecule has 1 unspecified atom stereocenters. The van der Waals surface area contributed by atoms with E-state index in [0.29, 0.717) is 10.9 Å². The van der Waals surface area contributed by atoms with Crippen molar-refractivity contribution in [1.29, 1.82) is 0 Å². The van der Waals surface area contributed by atoms with E-state index in [1.54, 1.807) is 12.1 Å². The van der Waals surface area contributed by atoms with Crippen LogP contribution in [0.1, 0.15) is 28.6 Å². The molecule has 0 saturated heterocycles. The van der Waals surface area contributed by atoms with E-state index in [9.17, 15) is 4.39 Å². The molecular weight excluding hydrogens is 323 g/mol. The van der Waals surface area contributed by atoms with E-state index in [1.807, 2.05) is 25.6 Å². The summed E-state index contributed by atoms with van der Waals surface area (Å²) in [5.74, 6) is 5.43. The first-order chi connectivity index (χ1) is 9.43. The first-order valence-electron chi connectivity index (χ1n) is 6.34. The smallest absolute Gasteiger partial charge is 0.137 e. The molecule has 0 aliphatic heterocycles. The fourth-order valence-corrected chi connectivity index (χ4v) is 2.87. The third-order valence-electron chi connectivity index (χ3n) is 3.54. The second-order valence-electron chi connectivity index (χ2n) is 4.88. The Morgan fingerprint density at radius 3 is 2.65 bits per heavy atom. The number of hydrogen-bond acceptors (Lipinski definition) is 3. The van der Waals surface area contributed by atoms with Gasteiger partial charge in [0.2, 0.25) is 0 Å². The fraction of sp³-hybridized carbons (Fsp3) is 0.357. The summed E-state index contributed by atoms with van der Waals surface area (Å²) in [4.78, 5) is 0. The number of hydrazine groups is 1. The summed E-state index contributed by atoms with van der Waals surface area (Å²) in [6.07, 6.45) is 0.669. The van der Waals surface area contributed by atoms with Crippen LogP contribution >= 0.6 is 15.9 Å². The van der Waals surface area contributed by atoms with Gasteiger partial charge in [0.25, 0.3) is 0 Å². The summed E-state index contributed by atoms with van der Waals surface area (Å²) in [5.41, 5.74) is 6.96. The third-order valence-corrected chi connectivity index (χ3v) is 4.15. The van der Waals surface area contributed by atoms with Gasteiger partial charge in [0.15, 0.2) is 0 Å². The summed E-state index contributed by atoms with van der Waals surface area (Å²) >= 11 is 3.20. The van der Waals surface area contributed by atoms with E-state index in [-0.39, 0.29) is 11.9 Å². The number of rotatable bonds is 4. The van der Waals surface area contributed by atoms with Gasteiger partial charge in [0, 0.05) is 18.3 Å². The molecule has 20 heavy (non-hydrogen) atoms. The Labute approximate surface area is 126 Å². The van der Waals surface area contributed by atoms with Gasteiger partial charge >= 0.3 is 0 Å². The molecule has 0 radical (unpaired) electrons. The quantitative estimate of drug-likeness (QED) is 0.664. The van der Waals surface area contributed by atoms with E-state index in [2.05, 4.69) is 26.5 Å². The zero-order valence-electron chi connectivity index (χ0n) is 11.7. The molecule has 1 aromatic carbocycles.